The Labute approximate surface area is 152 Å². The smallest absolute Gasteiger partial charge is 0.150 e. The molecule has 2 N–H and O–H groups in total. The number of anilines is 1. The number of fused-ring (bicyclic) bond motifs is 1. The first kappa shape index (κ1) is 16.1. The minimum atomic E-state index is 0.324. The molecule has 0 aliphatic carbocycles. The summed E-state index contributed by atoms with van der Waals surface area (Å²) in [6.45, 7) is 4.29. The van der Waals surface area contributed by atoms with Crippen LogP contribution in [-0.4, -0.2) is 14.5 Å². The molecule has 5 nitrogen and oxygen atoms in total. The lowest BCUT2D eigenvalue weighted by Crippen LogP contribution is -1.99. The Morgan fingerprint density at radius 1 is 1.04 bits per heavy atom. The minimum Gasteiger partial charge on any atom is -0.455 e. The van der Waals surface area contributed by atoms with Crippen molar-refractivity contribution < 1.29 is 4.74 Å². The van der Waals surface area contributed by atoms with Crippen LogP contribution in [0.1, 0.15) is 19.9 Å². The molecule has 0 aliphatic rings. The molecule has 5 heteroatoms. The lowest BCUT2D eigenvalue weighted by Gasteiger charge is -2.09. The molecule has 0 aliphatic heterocycles. The lowest BCUT2D eigenvalue weighted by atomic mass is 10.1. The van der Waals surface area contributed by atoms with Gasteiger partial charge in [0.2, 0.25) is 0 Å². The van der Waals surface area contributed by atoms with E-state index in [1.54, 1.807) is 6.33 Å². The summed E-state index contributed by atoms with van der Waals surface area (Å²) in [7, 11) is 0. The molecule has 26 heavy (non-hydrogen) atoms. The minimum absolute atomic E-state index is 0.324. The van der Waals surface area contributed by atoms with Crippen molar-refractivity contribution in [1.82, 2.24) is 14.5 Å². The molecule has 0 saturated carbocycles. The van der Waals surface area contributed by atoms with Crippen LogP contribution < -0.4 is 10.5 Å². The molecular formula is C21H20N4O. The molecule has 0 unspecified atom stereocenters. The number of rotatable bonds is 4. The second-order valence-electron chi connectivity index (χ2n) is 6.47. The Morgan fingerprint density at radius 2 is 1.81 bits per heavy atom. The fraction of sp³-hybridized carbons (Fsp3) is 0.143. The fourth-order valence-corrected chi connectivity index (χ4v) is 3.02. The van der Waals surface area contributed by atoms with Gasteiger partial charge in [0, 0.05) is 29.4 Å². The SMILES string of the molecule is CC(C)n1cc(-c2ccc(Oc3ccccc3N)cc2)c2cncnc21. The van der Waals surface area contributed by atoms with Crippen molar-refractivity contribution in [2.45, 2.75) is 19.9 Å². The van der Waals surface area contributed by atoms with Gasteiger partial charge in [-0.05, 0) is 43.7 Å². The maximum Gasteiger partial charge on any atom is 0.150 e. The summed E-state index contributed by atoms with van der Waals surface area (Å²) in [6, 6.07) is 15.8. The third-order valence-electron chi connectivity index (χ3n) is 4.36. The molecule has 0 fully saturated rings. The molecule has 0 amide bonds. The van der Waals surface area contributed by atoms with Gasteiger partial charge in [0.25, 0.3) is 0 Å². The summed E-state index contributed by atoms with van der Waals surface area (Å²) < 4.78 is 8.04. The van der Waals surface area contributed by atoms with Gasteiger partial charge >= 0.3 is 0 Å². The Kier molecular flexibility index (Phi) is 4.05. The van der Waals surface area contributed by atoms with Crippen LogP contribution in [0.15, 0.2) is 67.3 Å². The summed E-state index contributed by atoms with van der Waals surface area (Å²) >= 11 is 0. The molecule has 4 aromatic rings. The number of ether oxygens (including phenoxy) is 1. The Hall–Kier alpha value is -3.34. The first-order valence-corrected chi connectivity index (χ1v) is 8.57. The number of benzene rings is 2. The Morgan fingerprint density at radius 3 is 2.54 bits per heavy atom. The first-order chi connectivity index (χ1) is 12.6. The number of para-hydroxylation sites is 2. The maximum atomic E-state index is 5.94. The van der Waals surface area contributed by atoms with E-state index >= 15 is 0 Å². The van der Waals surface area contributed by atoms with E-state index in [4.69, 9.17) is 10.5 Å². The topological polar surface area (TPSA) is 66.0 Å². The van der Waals surface area contributed by atoms with Gasteiger partial charge in [0.1, 0.15) is 23.5 Å². The van der Waals surface area contributed by atoms with Crippen molar-refractivity contribution in [2.24, 2.45) is 0 Å². The zero-order valence-corrected chi connectivity index (χ0v) is 14.8. The fourth-order valence-electron chi connectivity index (χ4n) is 3.02. The van der Waals surface area contributed by atoms with Crippen molar-refractivity contribution in [3.05, 3.63) is 67.3 Å². The molecule has 0 atom stereocenters. The van der Waals surface area contributed by atoms with Crippen molar-refractivity contribution >= 4 is 16.7 Å². The van der Waals surface area contributed by atoms with Crippen LogP contribution in [0, 0.1) is 0 Å². The van der Waals surface area contributed by atoms with E-state index in [9.17, 15) is 0 Å². The number of nitrogen functional groups attached to an aromatic ring is 1. The van der Waals surface area contributed by atoms with Gasteiger partial charge < -0.3 is 15.0 Å². The normalized spacial score (nSPS) is 11.2. The average Bonchev–Trinajstić information content (AvgIpc) is 3.04. The predicted octanol–water partition coefficient (Wildman–Crippen LogP) is 5.05. The van der Waals surface area contributed by atoms with E-state index in [0.717, 1.165) is 27.9 Å². The predicted molar refractivity (Wildman–Crippen MR) is 104 cm³/mol. The lowest BCUT2D eigenvalue weighted by molar-refractivity contribution is 0.485. The van der Waals surface area contributed by atoms with Crippen molar-refractivity contribution in [3.8, 4) is 22.6 Å². The Balaban J connectivity index is 1.69. The highest BCUT2D eigenvalue weighted by molar-refractivity contribution is 5.93. The van der Waals surface area contributed by atoms with Crippen LogP contribution in [0.3, 0.4) is 0 Å². The second kappa shape index (κ2) is 6.52. The van der Waals surface area contributed by atoms with Crippen molar-refractivity contribution in [3.63, 3.8) is 0 Å². The van der Waals surface area contributed by atoms with Crippen LogP contribution in [0.2, 0.25) is 0 Å². The summed E-state index contributed by atoms with van der Waals surface area (Å²) in [6.07, 6.45) is 5.59. The van der Waals surface area contributed by atoms with Crippen LogP contribution in [0.5, 0.6) is 11.5 Å². The second-order valence-corrected chi connectivity index (χ2v) is 6.47. The van der Waals surface area contributed by atoms with Gasteiger partial charge in [0.15, 0.2) is 0 Å². The van der Waals surface area contributed by atoms with E-state index < -0.39 is 0 Å². The molecule has 2 aromatic heterocycles. The molecule has 0 spiro atoms. The highest BCUT2D eigenvalue weighted by atomic mass is 16.5. The Bertz CT molecular complexity index is 1050. The van der Waals surface area contributed by atoms with Crippen molar-refractivity contribution in [1.29, 1.82) is 0 Å². The van der Waals surface area contributed by atoms with E-state index in [-0.39, 0.29) is 0 Å². The molecule has 130 valence electrons. The number of hydrogen-bond donors (Lipinski definition) is 1. The monoisotopic (exact) mass is 344 g/mol. The molecule has 2 heterocycles. The van der Waals surface area contributed by atoms with E-state index in [1.807, 2.05) is 54.7 Å². The van der Waals surface area contributed by atoms with Crippen molar-refractivity contribution in [2.75, 3.05) is 5.73 Å². The number of nitrogens with two attached hydrogens (primary N) is 1. The zero-order chi connectivity index (χ0) is 18.1. The van der Waals surface area contributed by atoms with Gasteiger partial charge in [-0.15, -0.1) is 0 Å². The van der Waals surface area contributed by atoms with Gasteiger partial charge in [0.05, 0.1) is 5.69 Å². The standard InChI is InChI=1S/C21H20N4O/c1-14(2)25-12-18(17-11-23-13-24-21(17)25)15-7-9-16(10-8-15)26-20-6-4-3-5-19(20)22/h3-14H,22H2,1-2H3. The van der Waals surface area contributed by atoms with E-state index in [2.05, 4.69) is 34.6 Å². The van der Waals surface area contributed by atoms with Crippen LogP contribution >= 0.6 is 0 Å². The van der Waals surface area contributed by atoms with Gasteiger partial charge in [-0.1, -0.05) is 24.3 Å². The molecule has 0 bridgehead atoms. The maximum absolute atomic E-state index is 5.94. The third-order valence-corrected chi connectivity index (χ3v) is 4.36. The van der Waals surface area contributed by atoms with E-state index in [1.165, 1.54) is 0 Å². The number of nitrogens with zero attached hydrogens (tertiary/aromatic N) is 3. The highest BCUT2D eigenvalue weighted by Gasteiger charge is 2.13. The summed E-state index contributed by atoms with van der Waals surface area (Å²) in [4.78, 5) is 8.64. The average molecular weight is 344 g/mol. The number of aromatic nitrogens is 3. The van der Waals surface area contributed by atoms with E-state index in [0.29, 0.717) is 17.5 Å². The summed E-state index contributed by atoms with van der Waals surface area (Å²) in [5.41, 5.74) is 9.71. The molecule has 0 radical (unpaired) electrons. The molecular weight excluding hydrogens is 324 g/mol. The third kappa shape index (κ3) is 2.88. The highest BCUT2D eigenvalue weighted by Crippen LogP contribution is 2.33. The molecule has 2 aromatic carbocycles. The molecule has 0 saturated heterocycles. The first-order valence-electron chi connectivity index (χ1n) is 8.57. The largest absolute Gasteiger partial charge is 0.455 e. The zero-order valence-electron chi connectivity index (χ0n) is 14.8. The van der Waals surface area contributed by atoms with Gasteiger partial charge in [-0.3, -0.25) is 0 Å². The van der Waals surface area contributed by atoms with Gasteiger partial charge in [-0.2, -0.15) is 0 Å². The molecule has 4 rings (SSSR count). The summed E-state index contributed by atoms with van der Waals surface area (Å²) in [5.74, 6) is 1.40. The summed E-state index contributed by atoms with van der Waals surface area (Å²) in [5, 5.41) is 1.04. The quantitative estimate of drug-likeness (QED) is 0.526. The van der Waals surface area contributed by atoms with Gasteiger partial charge in [-0.25, -0.2) is 9.97 Å². The number of hydrogen-bond acceptors (Lipinski definition) is 4. The van der Waals surface area contributed by atoms with Crippen LogP contribution in [0.4, 0.5) is 5.69 Å². The van der Waals surface area contributed by atoms with Crippen LogP contribution in [-0.2, 0) is 0 Å². The van der Waals surface area contributed by atoms with Crippen LogP contribution in [0.25, 0.3) is 22.2 Å².